The minimum atomic E-state index is -3.67. The van der Waals surface area contributed by atoms with Crippen LogP contribution in [-0.2, 0) is 16.3 Å². The maximum absolute atomic E-state index is 13.1. The summed E-state index contributed by atoms with van der Waals surface area (Å²) < 4.78 is 36.9. The fraction of sp³-hybridized carbons (Fsp3) is 0.217. The van der Waals surface area contributed by atoms with E-state index in [0.29, 0.717) is 12.2 Å². The van der Waals surface area contributed by atoms with Gasteiger partial charge in [-0.2, -0.15) is 0 Å². The minimum Gasteiger partial charge on any atom is -0.497 e. The quantitative estimate of drug-likeness (QED) is 0.604. The molecule has 0 N–H and O–H groups in total. The molecule has 0 amide bonds. The Labute approximate surface area is 166 Å². The highest BCUT2D eigenvalue weighted by molar-refractivity contribution is 7.91. The first-order valence-electron chi connectivity index (χ1n) is 8.98. The normalized spacial score (nSPS) is 11.3. The van der Waals surface area contributed by atoms with Gasteiger partial charge in [0.05, 0.1) is 19.1 Å². The van der Waals surface area contributed by atoms with E-state index in [1.165, 1.54) is 7.11 Å². The van der Waals surface area contributed by atoms with Gasteiger partial charge in [-0.25, -0.2) is 8.42 Å². The Bertz CT molecular complexity index is 1060. The first-order chi connectivity index (χ1) is 13.4. The van der Waals surface area contributed by atoms with Gasteiger partial charge in [-0.1, -0.05) is 24.3 Å². The molecule has 0 atom stereocenters. The third-order valence-corrected chi connectivity index (χ3v) is 6.65. The Hall–Kier alpha value is -2.79. The van der Waals surface area contributed by atoms with Gasteiger partial charge in [-0.15, -0.1) is 0 Å². The lowest BCUT2D eigenvalue weighted by Crippen LogP contribution is -2.06. The van der Waals surface area contributed by atoms with Crippen LogP contribution in [0.15, 0.2) is 70.5 Å². The lowest BCUT2D eigenvalue weighted by atomic mass is 9.96. The summed E-state index contributed by atoms with van der Waals surface area (Å²) in [5.41, 5.74) is 4.29. The van der Waals surface area contributed by atoms with E-state index >= 15 is 0 Å². The van der Waals surface area contributed by atoms with Gasteiger partial charge < -0.3 is 9.47 Å². The third-order valence-electron chi connectivity index (χ3n) is 4.86. The van der Waals surface area contributed by atoms with Crippen molar-refractivity contribution in [3.63, 3.8) is 0 Å². The second-order valence-corrected chi connectivity index (χ2v) is 8.64. The van der Waals surface area contributed by atoms with Crippen LogP contribution in [0.25, 0.3) is 0 Å². The molecule has 5 heteroatoms. The van der Waals surface area contributed by atoms with Crippen LogP contribution in [0.2, 0.25) is 0 Å². The lowest BCUT2D eigenvalue weighted by Gasteiger charge is -2.15. The van der Waals surface area contributed by atoms with E-state index in [9.17, 15) is 8.42 Å². The van der Waals surface area contributed by atoms with Crippen molar-refractivity contribution in [2.75, 3.05) is 14.2 Å². The van der Waals surface area contributed by atoms with Gasteiger partial charge in [0.1, 0.15) is 16.4 Å². The summed E-state index contributed by atoms with van der Waals surface area (Å²) in [6, 6.07) is 17.7. The van der Waals surface area contributed by atoms with Crippen molar-refractivity contribution < 1.29 is 17.9 Å². The van der Waals surface area contributed by atoms with E-state index in [-0.39, 0.29) is 9.79 Å². The van der Waals surface area contributed by atoms with Crippen LogP contribution in [0.5, 0.6) is 11.5 Å². The Morgan fingerprint density at radius 3 is 2.04 bits per heavy atom. The molecule has 0 aliphatic rings. The van der Waals surface area contributed by atoms with Gasteiger partial charge >= 0.3 is 0 Å². The molecule has 3 rings (SSSR count). The predicted octanol–water partition coefficient (Wildman–Crippen LogP) is 4.74. The lowest BCUT2D eigenvalue weighted by molar-refractivity contribution is 0.402. The number of aryl methyl sites for hydroxylation is 2. The summed E-state index contributed by atoms with van der Waals surface area (Å²) in [5, 5.41) is 0. The summed E-state index contributed by atoms with van der Waals surface area (Å²) >= 11 is 0. The largest absolute Gasteiger partial charge is 0.497 e. The zero-order chi connectivity index (χ0) is 20.3. The molecule has 0 unspecified atom stereocenters. The van der Waals surface area contributed by atoms with E-state index in [1.807, 2.05) is 32.0 Å². The molecule has 0 heterocycles. The average Bonchev–Trinajstić information content (AvgIpc) is 2.71. The summed E-state index contributed by atoms with van der Waals surface area (Å²) in [7, 11) is -0.539. The number of rotatable bonds is 6. The van der Waals surface area contributed by atoms with Crippen LogP contribution in [-0.4, -0.2) is 22.6 Å². The third kappa shape index (κ3) is 3.90. The molecule has 28 heavy (non-hydrogen) atoms. The van der Waals surface area contributed by atoms with Crippen LogP contribution in [0, 0.1) is 13.8 Å². The highest BCUT2D eigenvalue weighted by Crippen LogP contribution is 2.32. The molecule has 4 nitrogen and oxygen atoms in total. The SMILES string of the molecule is COc1cc(C)c(Cc2ccc(OC)c(S(=O)(=O)c3ccccc3)c2)c(C)c1. The molecule has 146 valence electrons. The van der Waals surface area contributed by atoms with Crippen molar-refractivity contribution in [1.82, 2.24) is 0 Å². The monoisotopic (exact) mass is 396 g/mol. The van der Waals surface area contributed by atoms with Gasteiger partial charge in [0, 0.05) is 0 Å². The molecule has 0 fully saturated rings. The summed E-state index contributed by atoms with van der Waals surface area (Å²) in [6.45, 7) is 4.08. The van der Waals surface area contributed by atoms with E-state index < -0.39 is 9.84 Å². The molecule has 3 aromatic rings. The standard InChI is InChI=1S/C23H24O4S/c1-16-12-19(26-3)13-17(2)21(16)14-18-10-11-22(27-4)23(15-18)28(24,25)20-8-6-5-7-9-20/h5-13,15H,14H2,1-4H3. The molecule has 0 aliphatic carbocycles. The molecule has 0 bridgehead atoms. The fourth-order valence-corrected chi connectivity index (χ4v) is 4.81. The molecule has 0 saturated carbocycles. The number of hydrogen-bond acceptors (Lipinski definition) is 4. The highest BCUT2D eigenvalue weighted by atomic mass is 32.2. The predicted molar refractivity (Wildman–Crippen MR) is 110 cm³/mol. The first-order valence-corrected chi connectivity index (χ1v) is 10.5. The number of methoxy groups -OCH3 is 2. The molecule has 0 aliphatic heterocycles. The van der Waals surface area contributed by atoms with Crippen molar-refractivity contribution >= 4 is 9.84 Å². The summed E-state index contributed by atoms with van der Waals surface area (Å²) in [4.78, 5) is 0.435. The Morgan fingerprint density at radius 2 is 1.46 bits per heavy atom. The van der Waals surface area contributed by atoms with Gasteiger partial charge in [-0.05, 0) is 78.9 Å². The molecule has 0 spiro atoms. The summed E-state index contributed by atoms with van der Waals surface area (Å²) in [5.74, 6) is 1.16. The van der Waals surface area contributed by atoms with Gasteiger partial charge in [0.15, 0.2) is 0 Å². The van der Waals surface area contributed by atoms with Gasteiger partial charge in [-0.3, -0.25) is 0 Å². The maximum Gasteiger partial charge on any atom is 0.210 e. The number of benzene rings is 3. The van der Waals surface area contributed by atoms with Crippen molar-refractivity contribution in [2.45, 2.75) is 30.1 Å². The Morgan fingerprint density at radius 1 is 0.821 bits per heavy atom. The van der Waals surface area contributed by atoms with Crippen molar-refractivity contribution in [3.05, 3.63) is 82.9 Å². The molecule has 0 aromatic heterocycles. The topological polar surface area (TPSA) is 52.6 Å². The second kappa shape index (κ2) is 8.07. The van der Waals surface area contributed by atoms with Crippen LogP contribution >= 0.6 is 0 Å². The number of hydrogen-bond donors (Lipinski definition) is 0. The summed E-state index contributed by atoms with van der Waals surface area (Å²) in [6.07, 6.45) is 0.628. The van der Waals surface area contributed by atoms with E-state index in [1.54, 1.807) is 49.6 Å². The highest BCUT2D eigenvalue weighted by Gasteiger charge is 2.22. The average molecular weight is 397 g/mol. The fourth-order valence-electron chi connectivity index (χ4n) is 3.32. The number of sulfone groups is 1. The van der Waals surface area contributed by atoms with Crippen LogP contribution in [0.1, 0.15) is 22.3 Å². The molecular weight excluding hydrogens is 372 g/mol. The first kappa shape index (κ1) is 20.0. The zero-order valence-electron chi connectivity index (χ0n) is 16.5. The smallest absolute Gasteiger partial charge is 0.210 e. The Balaban J connectivity index is 2.06. The van der Waals surface area contributed by atoms with Gasteiger partial charge in [0.2, 0.25) is 9.84 Å². The van der Waals surface area contributed by atoms with E-state index in [2.05, 4.69) is 0 Å². The molecule has 3 aromatic carbocycles. The second-order valence-electron chi connectivity index (χ2n) is 6.72. The van der Waals surface area contributed by atoms with Crippen molar-refractivity contribution in [3.8, 4) is 11.5 Å². The van der Waals surface area contributed by atoms with Crippen molar-refractivity contribution in [1.29, 1.82) is 0 Å². The van der Waals surface area contributed by atoms with E-state index in [0.717, 1.165) is 28.0 Å². The van der Waals surface area contributed by atoms with Gasteiger partial charge in [0.25, 0.3) is 0 Å². The maximum atomic E-state index is 13.1. The van der Waals surface area contributed by atoms with Crippen LogP contribution < -0.4 is 9.47 Å². The van der Waals surface area contributed by atoms with E-state index in [4.69, 9.17) is 9.47 Å². The zero-order valence-corrected chi connectivity index (χ0v) is 17.3. The molecule has 0 saturated heterocycles. The number of ether oxygens (including phenoxy) is 2. The van der Waals surface area contributed by atoms with Crippen molar-refractivity contribution in [2.24, 2.45) is 0 Å². The van der Waals surface area contributed by atoms with Crippen LogP contribution in [0.3, 0.4) is 0 Å². The van der Waals surface area contributed by atoms with Crippen LogP contribution in [0.4, 0.5) is 0 Å². The molecule has 0 radical (unpaired) electrons. The molecular formula is C23H24O4S. The Kier molecular flexibility index (Phi) is 5.75. The minimum absolute atomic E-state index is 0.183.